The Morgan fingerprint density at radius 2 is 2.20 bits per heavy atom. The van der Waals surface area contributed by atoms with Crippen molar-refractivity contribution in [1.29, 1.82) is 0 Å². The van der Waals surface area contributed by atoms with Crippen LogP contribution >= 0.6 is 0 Å². The summed E-state index contributed by atoms with van der Waals surface area (Å²) in [4.78, 5) is 11.0. The molecule has 0 radical (unpaired) electrons. The monoisotopic (exact) mass is 230 g/mol. The maximum Gasteiger partial charge on any atom is 0.330 e. The standard InChI is InChI=1S/C11H22O3Si/c1-5-10(8-13-7-3)15-9(4)14-11(12)6-2/h6,9-10H,2,5,7-8,15H2,1,3-4H3. The molecule has 0 saturated carbocycles. The Kier molecular flexibility index (Phi) is 8.32. The molecule has 3 nitrogen and oxygen atoms in total. The van der Waals surface area contributed by atoms with E-state index in [0.29, 0.717) is 5.54 Å². The van der Waals surface area contributed by atoms with Gasteiger partial charge in [-0.3, -0.25) is 0 Å². The number of carbonyl (C=O) groups excluding carboxylic acids is 1. The first-order valence-corrected chi connectivity index (χ1v) is 7.18. The zero-order valence-electron chi connectivity index (χ0n) is 9.99. The molecule has 0 N–H and O–H groups in total. The van der Waals surface area contributed by atoms with Gasteiger partial charge in [-0.25, -0.2) is 4.79 Å². The van der Waals surface area contributed by atoms with Gasteiger partial charge in [0.15, 0.2) is 0 Å². The molecule has 2 unspecified atom stereocenters. The van der Waals surface area contributed by atoms with Crippen LogP contribution in [0.3, 0.4) is 0 Å². The second kappa shape index (κ2) is 8.68. The zero-order valence-corrected chi connectivity index (χ0v) is 11.4. The Hall–Kier alpha value is -0.613. The SMILES string of the molecule is C=CC(=O)OC(C)[SiH2]C(CC)COCC. The smallest absolute Gasteiger partial charge is 0.330 e. The number of carbonyl (C=O) groups is 1. The van der Waals surface area contributed by atoms with Gasteiger partial charge >= 0.3 is 5.97 Å². The van der Waals surface area contributed by atoms with Crippen LogP contribution in [0.25, 0.3) is 0 Å². The average molecular weight is 230 g/mol. The fourth-order valence-corrected chi connectivity index (χ4v) is 3.24. The van der Waals surface area contributed by atoms with Crippen LogP contribution in [0.5, 0.6) is 0 Å². The summed E-state index contributed by atoms with van der Waals surface area (Å²) in [5, 5.41) is 0. The molecule has 15 heavy (non-hydrogen) atoms. The van der Waals surface area contributed by atoms with E-state index in [0.717, 1.165) is 19.6 Å². The molecule has 88 valence electrons. The molecule has 0 fully saturated rings. The van der Waals surface area contributed by atoms with E-state index in [9.17, 15) is 4.79 Å². The van der Waals surface area contributed by atoms with Crippen molar-refractivity contribution in [1.82, 2.24) is 0 Å². The summed E-state index contributed by atoms with van der Waals surface area (Å²) in [6, 6.07) is 0. The highest BCUT2D eigenvalue weighted by Crippen LogP contribution is 2.12. The molecule has 0 bridgehead atoms. The maximum absolute atomic E-state index is 11.0. The number of ether oxygens (including phenoxy) is 2. The Labute approximate surface area is 94.7 Å². The molecule has 2 atom stereocenters. The third-order valence-corrected chi connectivity index (χ3v) is 4.59. The molecule has 0 saturated heterocycles. The molecule has 0 aromatic rings. The first-order valence-electron chi connectivity index (χ1n) is 5.54. The summed E-state index contributed by atoms with van der Waals surface area (Å²) >= 11 is 0. The van der Waals surface area contributed by atoms with Crippen molar-refractivity contribution in [2.45, 2.75) is 38.5 Å². The first kappa shape index (κ1) is 14.4. The maximum atomic E-state index is 11.0. The van der Waals surface area contributed by atoms with Gasteiger partial charge < -0.3 is 9.47 Å². The minimum Gasteiger partial charge on any atom is -0.464 e. The molecular formula is C11H22O3Si. The quantitative estimate of drug-likeness (QED) is 0.360. The lowest BCUT2D eigenvalue weighted by Gasteiger charge is -2.18. The molecule has 0 amide bonds. The van der Waals surface area contributed by atoms with E-state index < -0.39 is 9.52 Å². The van der Waals surface area contributed by atoms with Crippen LogP contribution < -0.4 is 0 Å². The molecule has 0 aromatic heterocycles. The minimum absolute atomic E-state index is 0.0703. The van der Waals surface area contributed by atoms with Crippen LogP contribution in [0.4, 0.5) is 0 Å². The topological polar surface area (TPSA) is 35.5 Å². The molecule has 0 aromatic carbocycles. The lowest BCUT2D eigenvalue weighted by Crippen LogP contribution is -2.25. The average Bonchev–Trinajstić information content (AvgIpc) is 2.23. The summed E-state index contributed by atoms with van der Waals surface area (Å²) in [5.74, 6) is -0.318. The third-order valence-electron chi connectivity index (χ3n) is 2.28. The second-order valence-electron chi connectivity index (χ2n) is 3.62. The van der Waals surface area contributed by atoms with Gasteiger partial charge in [0.05, 0.1) is 15.2 Å². The highest BCUT2D eigenvalue weighted by molar-refractivity contribution is 6.39. The van der Waals surface area contributed by atoms with Gasteiger partial charge in [-0.05, 0) is 19.4 Å². The third kappa shape index (κ3) is 7.33. The van der Waals surface area contributed by atoms with Crippen LogP contribution in [0, 0.1) is 0 Å². The summed E-state index contributed by atoms with van der Waals surface area (Å²) < 4.78 is 10.6. The van der Waals surface area contributed by atoms with Crippen LogP contribution in [0.15, 0.2) is 12.7 Å². The van der Waals surface area contributed by atoms with E-state index in [1.807, 2.05) is 13.8 Å². The van der Waals surface area contributed by atoms with Crippen molar-refractivity contribution in [2.75, 3.05) is 13.2 Å². The molecule has 0 aliphatic rings. The highest BCUT2D eigenvalue weighted by atomic mass is 28.2. The van der Waals surface area contributed by atoms with Crippen molar-refractivity contribution in [3.05, 3.63) is 12.7 Å². The fraction of sp³-hybridized carbons (Fsp3) is 0.727. The Balaban J connectivity index is 3.83. The summed E-state index contributed by atoms with van der Waals surface area (Å²) in [7, 11) is -0.439. The summed E-state index contributed by atoms with van der Waals surface area (Å²) in [6.07, 6.45) is 2.32. The molecule has 0 heterocycles. The molecule has 0 aliphatic carbocycles. The number of esters is 1. The van der Waals surface area contributed by atoms with E-state index in [2.05, 4.69) is 13.5 Å². The summed E-state index contributed by atoms with van der Waals surface area (Å²) in [6.45, 7) is 11.0. The van der Waals surface area contributed by atoms with E-state index in [4.69, 9.17) is 9.47 Å². The van der Waals surface area contributed by atoms with Crippen LogP contribution in [0.1, 0.15) is 27.2 Å². The minimum atomic E-state index is -0.439. The van der Waals surface area contributed by atoms with Crippen molar-refractivity contribution in [3.63, 3.8) is 0 Å². The van der Waals surface area contributed by atoms with Crippen LogP contribution in [0.2, 0.25) is 5.54 Å². The van der Waals surface area contributed by atoms with E-state index in [1.165, 1.54) is 6.08 Å². The van der Waals surface area contributed by atoms with E-state index in [-0.39, 0.29) is 11.7 Å². The van der Waals surface area contributed by atoms with Crippen molar-refractivity contribution in [2.24, 2.45) is 0 Å². The van der Waals surface area contributed by atoms with Gasteiger partial charge in [-0.15, -0.1) is 0 Å². The van der Waals surface area contributed by atoms with Crippen LogP contribution in [-0.2, 0) is 14.3 Å². The number of rotatable bonds is 8. The molecule has 4 heteroatoms. The second-order valence-corrected chi connectivity index (χ2v) is 6.40. The Morgan fingerprint density at radius 1 is 1.53 bits per heavy atom. The lowest BCUT2D eigenvalue weighted by molar-refractivity contribution is -0.139. The van der Waals surface area contributed by atoms with E-state index in [1.54, 1.807) is 0 Å². The molecule has 0 rings (SSSR count). The van der Waals surface area contributed by atoms with Gasteiger partial charge in [0.2, 0.25) is 0 Å². The normalized spacial score (nSPS) is 15.1. The lowest BCUT2D eigenvalue weighted by atomic mass is 10.3. The number of hydrogen-bond donors (Lipinski definition) is 0. The number of hydrogen-bond acceptors (Lipinski definition) is 3. The predicted octanol–water partition coefficient (Wildman–Crippen LogP) is 1.47. The highest BCUT2D eigenvalue weighted by Gasteiger charge is 2.14. The Morgan fingerprint density at radius 3 is 2.67 bits per heavy atom. The van der Waals surface area contributed by atoms with Crippen molar-refractivity contribution < 1.29 is 14.3 Å². The summed E-state index contributed by atoms with van der Waals surface area (Å²) in [5.41, 5.74) is 0.665. The molecule has 0 aliphatic heterocycles. The van der Waals surface area contributed by atoms with Crippen LogP contribution in [-0.4, -0.2) is 34.4 Å². The van der Waals surface area contributed by atoms with Gasteiger partial charge in [0, 0.05) is 19.3 Å². The van der Waals surface area contributed by atoms with Gasteiger partial charge in [0.1, 0.15) is 0 Å². The van der Waals surface area contributed by atoms with Crippen molar-refractivity contribution >= 4 is 15.5 Å². The van der Waals surface area contributed by atoms with Crippen molar-refractivity contribution in [3.8, 4) is 0 Å². The molecule has 0 spiro atoms. The first-order chi connectivity index (χ1) is 7.13. The predicted molar refractivity (Wildman–Crippen MR) is 64.8 cm³/mol. The van der Waals surface area contributed by atoms with Gasteiger partial charge in [0.25, 0.3) is 0 Å². The Bertz CT molecular complexity index is 194. The largest absolute Gasteiger partial charge is 0.464 e. The zero-order chi connectivity index (χ0) is 11.7. The fourth-order valence-electron chi connectivity index (χ4n) is 1.40. The van der Waals surface area contributed by atoms with Gasteiger partial charge in [-0.1, -0.05) is 19.9 Å². The van der Waals surface area contributed by atoms with E-state index >= 15 is 0 Å². The van der Waals surface area contributed by atoms with Gasteiger partial charge in [-0.2, -0.15) is 0 Å². The molecular weight excluding hydrogens is 208 g/mol.